The molecule has 1 heterocycles. The number of nitrogen functional groups attached to an aromatic ring is 1. The SMILES string of the molecule is Cn1c(=O)cc(N)c2cc(F)ccc21. The lowest BCUT2D eigenvalue weighted by molar-refractivity contribution is 0.629. The molecule has 1 aromatic carbocycles. The molecule has 3 nitrogen and oxygen atoms in total. The molecule has 0 amide bonds. The Morgan fingerprint density at radius 2 is 2.07 bits per heavy atom. The van der Waals surface area contributed by atoms with E-state index in [0.29, 0.717) is 16.6 Å². The highest BCUT2D eigenvalue weighted by molar-refractivity contribution is 5.90. The molecule has 0 radical (unpaired) electrons. The Bertz CT molecular complexity index is 560. The van der Waals surface area contributed by atoms with Gasteiger partial charge in [0.1, 0.15) is 5.82 Å². The van der Waals surface area contributed by atoms with E-state index in [0.717, 1.165) is 0 Å². The lowest BCUT2D eigenvalue weighted by Crippen LogP contribution is -2.16. The molecule has 2 N–H and O–H groups in total. The zero-order valence-electron chi connectivity index (χ0n) is 7.62. The van der Waals surface area contributed by atoms with Gasteiger partial charge in [-0.25, -0.2) is 4.39 Å². The number of benzene rings is 1. The molecule has 72 valence electrons. The van der Waals surface area contributed by atoms with Crippen molar-refractivity contribution in [3.05, 3.63) is 40.4 Å². The third-order valence-electron chi connectivity index (χ3n) is 2.24. The summed E-state index contributed by atoms with van der Waals surface area (Å²) in [5.74, 6) is -0.358. The standard InChI is InChI=1S/C10H9FN2O/c1-13-9-3-2-6(11)4-7(9)8(12)5-10(13)14/h2-5H,12H2,1H3. The molecule has 0 unspecified atom stereocenters. The first kappa shape index (κ1) is 8.74. The smallest absolute Gasteiger partial charge is 0.252 e. The molecular formula is C10H9FN2O. The van der Waals surface area contributed by atoms with Crippen molar-refractivity contribution < 1.29 is 4.39 Å². The van der Waals surface area contributed by atoms with Crippen molar-refractivity contribution in [2.24, 2.45) is 7.05 Å². The van der Waals surface area contributed by atoms with Crippen molar-refractivity contribution in [3.8, 4) is 0 Å². The number of rotatable bonds is 0. The molecule has 0 bridgehead atoms. The lowest BCUT2D eigenvalue weighted by Gasteiger charge is -2.06. The van der Waals surface area contributed by atoms with Crippen LogP contribution in [0.4, 0.5) is 10.1 Å². The summed E-state index contributed by atoms with van der Waals surface area (Å²) >= 11 is 0. The summed E-state index contributed by atoms with van der Waals surface area (Å²) in [5.41, 5.74) is 6.37. The molecule has 0 atom stereocenters. The number of hydrogen-bond acceptors (Lipinski definition) is 2. The van der Waals surface area contributed by atoms with Gasteiger partial charge in [-0.15, -0.1) is 0 Å². The summed E-state index contributed by atoms with van der Waals surface area (Å²) in [7, 11) is 1.63. The zero-order chi connectivity index (χ0) is 10.3. The second-order valence-electron chi connectivity index (χ2n) is 3.16. The van der Waals surface area contributed by atoms with Crippen LogP contribution in [0.25, 0.3) is 10.9 Å². The number of nitrogens with two attached hydrogens (primary N) is 1. The van der Waals surface area contributed by atoms with E-state index in [-0.39, 0.29) is 11.4 Å². The topological polar surface area (TPSA) is 48.0 Å². The number of aryl methyl sites for hydroxylation is 1. The van der Waals surface area contributed by atoms with E-state index >= 15 is 0 Å². The average molecular weight is 192 g/mol. The van der Waals surface area contributed by atoms with E-state index in [1.807, 2.05) is 0 Å². The molecule has 4 heteroatoms. The van der Waals surface area contributed by atoms with Crippen molar-refractivity contribution in [1.29, 1.82) is 0 Å². The van der Waals surface area contributed by atoms with Crippen LogP contribution in [-0.4, -0.2) is 4.57 Å². The first-order valence-electron chi connectivity index (χ1n) is 4.14. The second-order valence-corrected chi connectivity index (χ2v) is 3.16. The van der Waals surface area contributed by atoms with Gasteiger partial charge in [0.2, 0.25) is 0 Å². The largest absolute Gasteiger partial charge is 0.398 e. The number of halogens is 1. The Kier molecular flexibility index (Phi) is 1.77. The Balaban J connectivity index is 3.02. The Morgan fingerprint density at radius 3 is 2.79 bits per heavy atom. The van der Waals surface area contributed by atoms with Crippen LogP contribution in [0.2, 0.25) is 0 Å². The molecule has 0 saturated carbocycles. The summed E-state index contributed by atoms with van der Waals surface area (Å²) in [6.07, 6.45) is 0. The summed E-state index contributed by atoms with van der Waals surface area (Å²) in [6, 6.07) is 5.47. The fraction of sp³-hybridized carbons (Fsp3) is 0.100. The molecule has 0 fully saturated rings. The van der Waals surface area contributed by atoms with E-state index in [4.69, 9.17) is 5.73 Å². The number of aromatic nitrogens is 1. The molecule has 2 rings (SSSR count). The highest BCUT2D eigenvalue weighted by atomic mass is 19.1. The second kappa shape index (κ2) is 2.83. The van der Waals surface area contributed by atoms with Crippen LogP contribution < -0.4 is 11.3 Å². The molecule has 0 spiro atoms. The predicted molar refractivity (Wildman–Crippen MR) is 53.6 cm³/mol. The Morgan fingerprint density at radius 1 is 1.36 bits per heavy atom. The van der Waals surface area contributed by atoms with Crippen molar-refractivity contribution in [3.63, 3.8) is 0 Å². The zero-order valence-corrected chi connectivity index (χ0v) is 7.62. The van der Waals surface area contributed by atoms with E-state index in [2.05, 4.69) is 0 Å². The Hall–Kier alpha value is -1.84. The molecule has 0 aliphatic rings. The normalized spacial score (nSPS) is 10.7. The highest BCUT2D eigenvalue weighted by Gasteiger charge is 2.04. The van der Waals surface area contributed by atoms with Crippen molar-refractivity contribution in [2.75, 3.05) is 5.73 Å². The predicted octanol–water partition coefficient (Wildman–Crippen LogP) is 1.26. The fourth-order valence-electron chi connectivity index (χ4n) is 1.46. The maximum absolute atomic E-state index is 12.9. The van der Waals surface area contributed by atoms with Crippen LogP contribution in [0.5, 0.6) is 0 Å². The van der Waals surface area contributed by atoms with Crippen molar-refractivity contribution >= 4 is 16.6 Å². The van der Waals surface area contributed by atoms with Crippen LogP contribution in [0.3, 0.4) is 0 Å². The van der Waals surface area contributed by atoms with Gasteiger partial charge in [0.25, 0.3) is 5.56 Å². The van der Waals surface area contributed by atoms with E-state index < -0.39 is 0 Å². The third-order valence-corrected chi connectivity index (χ3v) is 2.24. The summed E-state index contributed by atoms with van der Waals surface area (Å²) in [4.78, 5) is 11.3. The average Bonchev–Trinajstić information content (AvgIpc) is 2.14. The minimum atomic E-state index is -0.358. The number of anilines is 1. The van der Waals surface area contributed by atoms with Crippen LogP contribution >= 0.6 is 0 Å². The first-order valence-corrected chi connectivity index (χ1v) is 4.14. The van der Waals surface area contributed by atoms with Crippen molar-refractivity contribution in [2.45, 2.75) is 0 Å². The highest BCUT2D eigenvalue weighted by Crippen LogP contribution is 2.18. The van der Waals surface area contributed by atoms with E-state index in [1.54, 1.807) is 13.1 Å². The summed E-state index contributed by atoms with van der Waals surface area (Å²) in [5, 5.41) is 0.562. The van der Waals surface area contributed by atoms with E-state index in [1.165, 1.54) is 22.8 Å². The third kappa shape index (κ3) is 1.16. The maximum Gasteiger partial charge on any atom is 0.252 e. The van der Waals surface area contributed by atoms with Gasteiger partial charge in [-0.3, -0.25) is 4.79 Å². The molecule has 0 saturated heterocycles. The summed E-state index contributed by atoms with van der Waals surface area (Å²) in [6.45, 7) is 0. The van der Waals surface area contributed by atoms with Gasteiger partial charge in [0, 0.05) is 24.2 Å². The summed E-state index contributed by atoms with van der Waals surface area (Å²) < 4.78 is 14.3. The molecule has 1 aromatic heterocycles. The Labute approximate surface area is 79.6 Å². The minimum Gasteiger partial charge on any atom is -0.398 e. The molecule has 0 aliphatic carbocycles. The van der Waals surface area contributed by atoms with Gasteiger partial charge in [0.15, 0.2) is 0 Å². The number of fused-ring (bicyclic) bond motifs is 1. The molecule has 14 heavy (non-hydrogen) atoms. The van der Waals surface area contributed by atoms with Crippen LogP contribution in [0, 0.1) is 5.82 Å². The van der Waals surface area contributed by atoms with Gasteiger partial charge in [-0.2, -0.15) is 0 Å². The van der Waals surface area contributed by atoms with Crippen LogP contribution in [0.15, 0.2) is 29.1 Å². The molecule has 0 aliphatic heterocycles. The number of hydrogen-bond donors (Lipinski definition) is 1. The van der Waals surface area contributed by atoms with Gasteiger partial charge in [0.05, 0.1) is 5.52 Å². The number of pyridine rings is 1. The van der Waals surface area contributed by atoms with Gasteiger partial charge < -0.3 is 10.3 Å². The molecule has 2 aromatic rings. The van der Waals surface area contributed by atoms with Gasteiger partial charge >= 0.3 is 0 Å². The number of nitrogens with zero attached hydrogens (tertiary/aromatic N) is 1. The molecular weight excluding hydrogens is 183 g/mol. The quantitative estimate of drug-likeness (QED) is 0.683. The van der Waals surface area contributed by atoms with Crippen LogP contribution in [0.1, 0.15) is 0 Å². The van der Waals surface area contributed by atoms with Gasteiger partial charge in [-0.1, -0.05) is 0 Å². The lowest BCUT2D eigenvalue weighted by atomic mass is 10.2. The maximum atomic E-state index is 12.9. The first-order chi connectivity index (χ1) is 6.59. The van der Waals surface area contributed by atoms with Crippen molar-refractivity contribution in [1.82, 2.24) is 4.57 Å². The van der Waals surface area contributed by atoms with E-state index in [9.17, 15) is 9.18 Å². The monoisotopic (exact) mass is 192 g/mol. The van der Waals surface area contributed by atoms with Gasteiger partial charge in [-0.05, 0) is 18.2 Å². The van der Waals surface area contributed by atoms with Crippen LogP contribution in [-0.2, 0) is 7.05 Å². The fourth-order valence-corrected chi connectivity index (χ4v) is 1.46. The minimum absolute atomic E-state index is 0.193.